The van der Waals surface area contributed by atoms with Crippen LogP contribution in [0.5, 0.6) is 0 Å². The van der Waals surface area contributed by atoms with Gasteiger partial charge in [0.25, 0.3) is 0 Å². The summed E-state index contributed by atoms with van der Waals surface area (Å²) in [5.74, 6) is 0.428. The highest BCUT2D eigenvalue weighted by Crippen LogP contribution is 2.22. The fraction of sp³-hybridized carbons (Fsp3) is 0.562. The highest BCUT2D eigenvalue weighted by Gasteiger charge is 2.29. The van der Waals surface area contributed by atoms with Crippen LogP contribution in [-0.4, -0.2) is 36.2 Å². The van der Waals surface area contributed by atoms with Crippen molar-refractivity contribution in [3.05, 3.63) is 24.3 Å². The number of nitrogens with two attached hydrogens (primary N) is 1. The first kappa shape index (κ1) is 15.5. The minimum Gasteiger partial charge on any atom is -0.444 e. The van der Waals surface area contributed by atoms with Crippen LogP contribution in [0.4, 0.5) is 16.2 Å². The highest BCUT2D eigenvalue weighted by molar-refractivity contribution is 5.68. The lowest BCUT2D eigenvalue weighted by Crippen LogP contribution is -2.35. The van der Waals surface area contributed by atoms with Gasteiger partial charge in [-0.2, -0.15) is 0 Å². The molecule has 0 bridgehead atoms. The van der Waals surface area contributed by atoms with E-state index in [-0.39, 0.29) is 6.09 Å². The molecule has 0 aliphatic carbocycles. The maximum Gasteiger partial charge on any atom is 0.410 e. The Morgan fingerprint density at radius 2 is 2.14 bits per heavy atom. The molecule has 1 saturated heterocycles. The molecule has 1 aromatic rings. The van der Waals surface area contributed by atoms with E-state index in [0.29, 0.717) is 5.92 Å². The van der Waals surface area contributed by atoms with Gasteiger partial charge >= 0.3 is 6.09 Å². The summed E-state index contributed by atoms with van der Waals surface area (Å²) in [6, 6.07) is 7.72. The Labute approximate surface area is 126 Å². The van der Waals surface area contributed by atoms with Gasteiger partial charge in [0.2, 0.25) is 0 Å². The minimum atomic E-state index is -0.439. The number of anilines is 2. The van der Waals surface area contributed by atoms with E-state index in [1.54, 1.807) is 4.90 Å². The number of hydrogen-bond acceptors (Lipinski definition) is 4. The lowest BCUT2D eigenvalue weighted by atomic mass is 10.1. The van der Waals surface area contributed by atoms with Crippen molar-refractivity contribution in [3.63, 3.8) is 0 Å². The van der Waals surface area contributed by atoms with Crippen LogP contribution in [-0.2, 0) is 4.74 Å². The quantitative estimate of drug-likeness (QED) is 0.840. The van der Waals surface area contributed by atoms with Crippen molar-refractivity contribution < 1.29 is 9.53 Å². The van der Waals surface area contributed by atoms with Gasteiger partial charge in [0.15, 0.2) is 0 Å². The molecule has 0 unspecified atom stereocenters. The van der Waals surface area contributed by atoms with Crippen molar-refractivity contribution in [2.24, 2.45) is 5.92 Å². The molecule has 0 spiro atoms. The summed E-state index contributed by atoms with van der Waals surface area (Å²) >= 11 is 0. The first-order valence-electron chi connectivity index (χ1n) is 7.41. The highest BCUT2D eigenvalue weighted by atomic mass is 16.6. The fourth-order valence-corrected chi connectivity index (χ4v) is 2.40. The van der Waals surface area contributed by atoms with E-state index < -0.39 is 5.60 Å². The Morgan fingerprint density at radius 3 is 2.81 bits per heavy atom. The topological polar surface area (TPSA) is 67.6 Å². The Hall–Kier alpha value is -1.91. The second-order valence-corrected chi connectivity index (χ2v) is 6.55. The monoisotopic (exact) mass is 291 g/mol. The standard InChI is InChI=1S/C16H25N3O2/c1-16(2,3)21-15(20)19-9-8-12(11-19)10-18-14-7-5-4-6-13(14)17/h4-7,12,18H,8-11,17H2,1-3H3/t12-/m0/s1. The summed E-state index contributed by atoms with van der Waals surface area (Å²) < 4.78 is 5.40. The summed E-state index contributed by atoms with van der Waals surface area (Å²) in [6.45, 7) is 7.96. The number of rotatable bonds is 3. The molecule has 0 radical (unpaired) electrons. The summed E-state index contributed by atoms with van der Waals surface area (Å²) in [6.07, 6.45) is 0.767. The number of likely N-dealkylation sites (tertiary alicyclic amines) is 1. The largest absolute Gasteiger partial charge is 0.444 e. The van der Waals surface area contributed by atoms with E-state index in [2.05, 4.69) is 5.32 Å². The number of para-hydroxylation sites is 2. The molecule has 1 aromatic carbocycles. The van der Waals surface area contributed by atoms with Crippen molar-refractivity contribution in [1.29, 1.82) is 0 Å². The average Bonchev–Trinajstić information content (AvgIpc) is 2.85. The molecule has 5 nitrogen and oxygen atoms in total. The van der Waals surface area contributed by atoms with Crippen molar-refractivity contribution in [2.75, 3.05) is 30.7 Å². The summed E-state index contributed by atoms with van der Waals surface area (Å²) in [7, 11) is 0. The van der Waals surface area contributed by atoms with Crippen LogP contribution in [0, 0.1) is 5.92 Å². The third-order valence-electron chi connectivity index (χ3n) is 3.48. The van der Waals surface area contributed by atoms with E-state index in [1.165, 1.54) is 0 Å². The minimum absolute atomic E-state index is 0.218. The lowest BCUT2D eigenvalue weighted by Gasteiger charge is -2.24. The van der Waals surface area contributed by atoms with Gasteiger partial charge in [-0.1, -0.05) is 12.1 Å². The first-order chi connectivity index (χ1) is 9.85. The molecule has 1 fully saturated rings. The Morgan fingerprint density at radius 1 is 1.43 bits per heavy atom. The number of amides is 1. The molecule has 5 heteroatoms. The van der Waals surface area contributed by atoms with Crippen LogP contribution in [0.15, 0.2) is 24.3 Å². The Balaban J connectivity index is 1.80. The predicted octanol–water partition coefficient (Wildman–Crippen LogP) is 2.94. The average molecular weight is 291 g/mol. The molecular formula is C16H25N3O2. The molecule has 1 aliphatic heterocycles. The van der Waals surface area contributed by atoms with Gasteiger partial charge in [-0.3, -0.25) is 0 Å². The number of nitrogens with one attached hydrogen (secondary N) is 1. The van der Waals surface area contributed by atoms with E-state index in [4.69, 9.17) is 10.5 Å². The molecule has 3 N–H and O–H groups in total. The molecule has 1 aliphatic rings. The van der Waals surface area contributed by atoms with Gasteiger partial charge in [-0.15, -0.1) is 0 Å². The molecule has 1 amide bonds. The Bertz CT molecular complexity index is 497. The molecular weight excluding hydrogens is 266 g/mol. The van der Waals surface area contributed by atoms with Gasteiger partial charge in [-0.25, -0.2) is 4.79 Å². The fourth-order valence-electron chi connectivity index (χ4n) is 2.40. The molecule has 1 atom stereocenters. The van der Waals surface area contributed by atoms with E-state index >= 15 is 0 Å². The van der Waals surface area contributed by atoms with Crippen LogP contribution in [0.3, 0.4) is 0 Å². The van der Waals surface area contributed by atoms with Crippen LogP contribution in [0.2, 0.25) is 0 Å². The maximum atomic E-state index is 12.0. The van der Waals surface area contributed by atoms with E-state index in [0.717, 1.165) is 37.4 Å². The first-order valence-corrected chi connectivity index (χ1v) is 7.41. The van der Waals surface area contributed by atoms with E-state index in [9.17, 15) is 4.79 Å². The zero-order chi connectivity index (χ0) is 15.5. The van der Waals surface area contributed by atoms with Crippen LogP contribution in [0.1, 0.15) is 27.2 Å². The van der Waals surface area contributed by atoms with Crippen molar-refractivity contribution in [2.45, 2.75) is 32.8 Å². The van der Waals surface area contributed by atoms with Gasteiger partial charge in [0, 0.05) is 19.6 Å². The number of nitrogen functional groups attached to an aromatic ring is 1. The molecule has 0 saturated carbocycles. The Kier molecular flexibility index (Phi) is 4.60. The number of ether oxygens (including phenoxy) is 1. The van der Waals surface area contributed by atoms with Gasteiger partial charge in [0.1, 0.15) is 5.60 Å². The number of carbonyl (C=O) groups excluding carboxylic acids is 1. The summed E-state index contributed by atoms with van der Waals surface area (Å²) in [5.41, 5.74) is 7.17. The van der Waals surface area contributed by atoms with Gasteiger partial charge in [-0.05, 0) is 45.2 Å². The number of carbonyl (C=O) groups is 1. The summed E-state index contributed by atoms with van der Waals surface area (Å²) in [5, 5.41) is 3.36. The normalized spacial score (nSPS) is 18.6. The number of nitrogens with zero attached hydrogens (tertiary/aromatic N) is 1. The van der Waals surface area contributed by atoms with Gasteiger partial charge < -0.3 is 20.7 Å². The zero-order valence-corrected chi connectivity index (χ0v) is 13.1. The molecule has 21 heavy (non-hydrogen) atoms. The summed E-state index contributed by atoms with van der Waals surface area (Å²) in [4.78, 5) is 13.8. The zero-order valence-electron chi connectivity index (χ0n) is 13.1. The smallest absolute Gasteiger partial charge is 0.410 e. The predicted molar refractivity (Wildman–Crippen MR) is 85.3 cm³/mol. The maximum absolute atomic E-state index is 12.0. The van der Waals surface area contributed by atoms with Crippen LogP contribution in [0.25, 0.3) is 0 Å². The molecule has 116 valence electrons. The third-order valence-corrected chi connectivity index (χ3v) is 3.48. The number of benzene rings is 1. The molecule has 1 heterocycles. The second kappa shape index (κ2) is 6.24. The van der Waals surface area contributed by atoms with Crippen LogP contribution >= 0.6 is 0 Å². The van der Waals surface area contributed by atoms with Gasteiger partial charge in [0.05, 0.1) is 11.4 Å². The lowest BCUT2D eigenvalue weighted by molar-refractivity contribution is 0.0289. The second-order valence-electron chi connectivity index (χ2n) is 6.55. The third kappa shape index (κ3) is 4.55. The SMILES string of the molecule is CC(C)(C)OC(=O)N1CC[C@@H](CNc2ccccc2N)C1. The van der Waals surface area contributed by atoms with E-state index in [1.807, 2.05) is 45.0 Å². The molecule has 0 aromatic heterocycles. The molecule has 2 rings (SSSR count). The van der Waals surface area contributed by atoms with Crippen molar-refractivity contribution in [3.8, 4) is 0 Å². The van der Waals surface area contributed by atoms with Crippen molar-refractivity contribution >= 4 is 17.5 Å². The van der Waals surface area contributed by atoms with Crippen LogP contribution < -0.4 is 11.1 Å². The number of hydrogen-bond donors (Lipinski definition) is 2. The van der Waals surface area contributed by atoms with Crippen molar-refractivity contribution in [1.82, 2.24) is 4.90 Å².